The Balaban J connectivity index is 1.14. The van der Waals surface area contributed by atoms with Gasteiger partial charge in [-0.15, -0.1) is 0 Å². The molecule has 30 heavy (non-hydrogen) atoms. The molecule has 0 unspecified atom stereocenters. The van der Waals surface area contributed by atoms with Gasteiger partial charge in [0.1, 0.15) is 5.82 Å². The summed E-state index contributed by atoms with van der Waals surface area (Å²) in [4.78, 5) is 32.0. The van der Waals surface area contributed by atoms with Crippen molar-refractivity contribution in [3.63, 3.8) is 0 Å². The molecule has 0 atom stereocenters. The number of carbonyl (C=O) groups excluding carboxylic acids is 2. The van der Waals surface area contributed by atoms with Crippen LogP contribution in [0.15, 0.2) is 24.3 Å². The lowest BCUT2D eigenvalue weighted by Gasteiger charge is -2.55. The van der Waals surface area contributed by atoms with Crippen LogP contribution in [0.5, 0.6) is 0 Å². The van der Waals surface area contributed by atoms with Crippen LogP contribution in [0, 0.1) is 23.2 Å². The van der Waals surface area contributed by atoms with Crippen molar-refractivity contribution < 1.29 is 9.59 Å². The van der Waals surface area contributed by atoms with E-state index in [2.05, 4.69) is 10.3 Å². The molecule has 1 heterocycles. The molecule has 1 N–H and O–H groups in total. The van der Waals surface area contributed by atoms with Gasteiger partial charge < -0.3 is 14.8 Å². The highest BCUT2D eigenvalue weighted by Gasteiger charge is 2.54. The van der Waals surface area contributed by atoms with Gasteiger partial charge in [0, 0.05) is 32.5 Å². The summed E-state index contributed by atoms with van der Waals surface area (Å²) in [5.41, 5.74) is 1.87. The van der Waals surface area contributed by atoms with E-state index in [4.69, 9.17) is 0 Å². The number of rotatable bonds is 6. The lowest BCUT2D eigenvalue weighted by molar-refractivity contribution is -0.146. The highest BCUT2D eigenvalue weighted by atomic mass is 16.2. The van der Waals surface area contributed by atoms with Gasteiger partial charge in [0.2, 0.25) is 11.8 Å². The average molecular weight is 409 g/mol. The van der Waals surface area contributed by atoms with Crippen LogP contribution in [-0.2, 0) is 23.2 Å². The van der Waals surface area contributed by atoms with E-state index in [0.29, 0.717) is 19.5 Å². The largest absolute Gasteiger partial charge is 0.355 e. The molecule has 4 fully saturated rings. The second-order valence-electron chi connectivity index (χ2n) is 10.0. The fraction of sp³-hybridized carbons (Fsp3) is 0.625. The van der Waals surface area contributed by atoms with E-state index in [1.165, 1.54) is 19.3 Å². The molecular formula is C24H32N4O2. The summed E-state index contributed by atoms with van der Waals surface area (Å²) in [6.07, 6.45) is 7.51. The molecule has 6 rings (SSSR count). The van der Waals surface area contributed by atoms with Gasteiger partial charge in [-0.1, -0.05) is 12.1 Å². The van der Waals surface area contributed by atoms with E-state index >= 15 is 0 Å². The van der Waals surface area contributed by atoms with Crippen molar-refractivity contribution in [1.29, 1.82) is 0 Å². The normalized spacial score (nSPS) is 29.3. The minimum atomic E-state index is -0.142. The monoisotopic (exact) mass is 408 g/mol. The molecule has 1 aromatic carbocycles. The van der Waals surface area contributed by atoms with Crippen molar-refractivity contribution in [3.05, 3.63) is 30.1 Å². The zero-order valence-corrected chi connectivity index (χ0v) is 18.1. The van der Waals surface area contributed by atoms with Crippen LogP contribution >= 0.6 is 0 Å². The Morgan fingerprint density at radius 3 is 2.40 bits per heavy atom. The summed E-state index contributed by atoms with van der Waals surface area (Å²) < 4.78 is 2.04. The Morgan fingerprint density at radius 2 is 1.77 bits per heavy atom. The molecule has 4 bridgehead atoms. The molecule has 6 heteroatoms. The third-order valence-electron chi connectivity index (χ3n) is 7.83. The van der Waals surface area contributed by atoms with E-state index in [0.717, 1.165) is 53.9 Å². The summed E-state index contributed by atoms with van der Waals surface area (Å²) >= 11 is 0. The van der Waals surface area contributed by atoms with Crippen LogP contribution in [0.25, 0.3) is 11.0 Å². The number of carbonyl (C=O) groups is 2. The van der Waals surface area contributed by atoms with E-state index in [1.807, 2.05) is 42.9 Å². The zero-order chi connectivity index (χ0) is 20.9. The van der Waals surface area contributed by atoms with Gasteiger partial charge in [0.05, 0.1) is 17.6 Å². The standard InChI is InChI=1S/C24H32N4O2/c1-27(15-21-26-19-5-3-4-6-20(19)28(21)2)22(29)7-8-25-23(30)24-12-16-9-17(13-24)11-18(10-16)14-24/h3-6,16-18H,7-15H2,1-2H3,(H,25,30). The lowest BCUT2D eigenvalue weighted by Crippen LogP contribution is -2.53. The minimum absolute atomic E-state index is 0.0351. The number of fused-ring (bicyclic) bond motifs is 1. The van der Waals surface area contributed by atoms with Crippen molar-refractivity contribution in [2.45, 2.75) is 51.5 Å². The second-order valence-corrected chi connectivity index (χ2v) is 10.0. The highest BCUT2D eigenvalue weighted by Crippen LogP contribution is 2.60. The maximum atomic E-state index is 13.0. The number of hydrogen-bond donors (Lipinski definition) is 1. The summed E-state index contributed by atoms with van der Waals surface area (Å²) in [5, 5.41) is 3.11. The molecule has 1 aromatic heterocycles. The number of nitrogens with one attached hydrogen (secondary N) is 1. The first kappa shape index (κ1) is 19.6. The first-order chi connectivity index (χ1) is 14.4. The first-order valence-corrected chi connectivity index (χ1v) is 11.4. The summed E-state index contributed by atoms with van der Waals surface area (Å²) in [6, 6.07) is 7.99. The predicted molar refractivity (Wildman–Crippen MR) is 115 cm³/mol. The minimum Gasteiger partial charge on any atom is -0.355 e. The quantitative estimate of drug-likeness (QED) is 0.798. The third kappa shape index (κ3) is 3.40. The van der Waals surface area contributed by atoms with E-state index in [1.54, 1.807) is 4.90 Å². The summed E-state index contributed by atoms with van der Waals surface area (Å²) in [5.74, 6) is 3.36. The third-order valence-corrected chi connectivity index (χ3v) is 7.83. The van der Waals surface area contributed by atoms with Gasteiger partial charge in [0.25, 0.3) is 0 Å². The van der Waals surface area contributed by atoms with Gasteiger partial charge in [-0.2, -0.15) is 0 Å². The van der Waals surface area contributed by atoms with Crippen LogP contribution < -0.4 is 5.32 Å². The molecule has 0 saturated heterocycles. The summed E-state index contributed by atoms with van der Waals surface area (Å²) in [7, 11) is 3.79. The zero-order valence-electron chi connectivity index (χ0n) is 18.1. The molecule has 0 radical (unpaired) electrons. The fourth-order valence-corrected chi connectivity index (χ4v) is 6.69. The number of amides is 2. The Kier molecular flexibility index (Phi) is 4.83. The van der Waals surface area contributed by atoms with E-state index in [-0.39, 0.29) is 17.2 Å². The molecule has 4 saturated carbocycles. The summed E-state index contributed by atoms with van der Waals surface area (Å²) in [6.45, 7) is 0.888. The number of aryl methyl sites for hydroxylation is 1. The molecule has 0 spiro atoms. The fourth-order valence-electron chi connectivity index (χ4n) is 6.69. The van der Waals surface area contributed by atoms with Crippen molar-refractivity contribution >= 4 is 22.8 Å². The molecule has 0 aliphatic heterocycles. The van der Waals surface area contributed by atoms with Crippen LogP contribution in [0.3, 0.4) is 0 Å². The maximum Gasteiger partial charge on any atom is 0.226 e. The van der Waals surface area contributed by atoms with Crippen molar-refractivity contribution in [2.24, 2.45) is 30.2 Å². The maximum absolute atomic E-state index is 13.0. The Hall–Kier alpha value is -2.37. The van der Waals surface area contributed by atoms with Crippen LogP contribution in [0.2, 0.25) is 0 Å². The number of aromatic nitrogens is 2. The molecule has 2 aromatic rings. The van der Waals surface area contributed by atoms with Gasteiger partial charge in [-0.3, -0.25) is 9.59 Å². The van der Waals surface area contributed by atoms with E-state index < -0.39 is 0 Å². The lowest BCUT2D eigenvalue weighted by atomic mass is 9.49. The number of nitrogens with zero attached hydrogens (tertiary/aromatic N) is 3. The number of imidazole rings is 1. The van der Waals surface area contributed by atoms with Gasteiger partial charge >= 0.3 is 0 Å². The van der Waals surface area contributed by atoms with Gasteiger partial charge in [-0.25, -0.2) is 4.98 Å². The second kappa shape index (κ2) is 7.40. The van der Waals surface area contributed by atoms with Gasteiger partial charge in [-0.05, 0) is 68.4 Å². The Morgan fingerprint density at radius 1 is 1.13 bits per heavy atom. The molecule has 2 amide bonds. The molecular weight excluding hydrogens is 376 g/mol. The topological polar surface area (TPSA) is 67.2 Å². The van der Waals surface area contributed by atoms with Crippen LogP contribution in [0.1, 0.15) is 50.8 Å². The van der Waals surface area contributed by atoms with Crippen molar-refractivity contribution in [3.8, 4) is 0 Å². The molecule has 4 aliphatic rings. The predicted octanol–water partition coefficient (Wildman–Crippen LogP) is 3.25. The molecule has 6 nitrogen and oxygen atoms in total. The van der Waals surface area contributed by atoms with Crippen LogP contribution in [-0.4, -0.2) is 39.9 Å². The van der Waals surface area contributed by atoms with Crippen molar-refractivity contribution in [2.75, 3.05) is 13.6 Å². The number of para-hydroxylation sites is 2. The SMILES string of the molecule is CN(Cc1nc2ccccc2n1C)C(=O)CCNC(=O)C12CC3CC(CC(C3)C1)C2. The molecule has 160 valence electrons. The van der Waals surface area contributed by atoms with E-state index in [9.17, 15) is 9.59 Å². The van der Waals surface area contributed by atoms with Gasteiger partial charge in [0.15, 0.2) is 0 Å². The Labute approximate surface area is 178 Å². The number of benzene rings is 1. The average Bonchev–Trinajstić information content (AvgIpc) is 3.02. The van der Waals surface area contributed by atoms with Crippen molar-refractivity contribution in [1.82, 2.24) is 19.8 Å². The van der Waals surface area contributed by atoms with Crippen LogP contribution in [0.4, 0.5) is 0 Å². The highest BCUT2D eigenvalue weighted by molar-refractivity contribution is 5.84. The molecule has 4 aliphatic carbocycles. The Bertz CT molecular complexity index is 943. The smallest absolute Gasteiger partial charge is 0.226 e. The number of hydrogen-bond acceptors (Lipinski definition) is 3. The first-order valence-electron chi connectivity index (χ1n) is 11.4.